The van der Waals surface area contributed by atoms with Crippen LogP contribution in [0.15, 0.2) is 6.07 Å². The van der Waals surface area contributed by atoms with E-state index < -0.39 is 0 Å². The Morgan fingerprint density at radius 3 is 2.31 bits per heavy atom. The average Bonchev–Trinajstić information content (AvgIpc) is 2.35. The predicted octanol–water partition coefficient (Wildman–Crippen LogP) is 0.643. The van der Waals surface area contributed by atoms with E-state index in [0.29, 0.717) is 24.3 Å². The largest absolute Gasteiger partial charge is 0.481 e. The van der Waals surface area contributed by atoms with Crippen molar-refractivity contribution in [1.29, 1.82) is 0 Å². The van der Waals surface area contributed by atoms with Gasteiger partial charge in [0, 0.05) is 12.6 Å². The van der Waals surface area contributed by atoms with Gasteiger partial charge in [-0.05, 0) is 6.42 Å². The Hall–Kier alpha value is -1.56. The summed E-state index contributed by atoms with van der Waals surface area (Å²) in [5, 5.41) is 3.04. The quantitative estimate of drug-likeness (QED) is 0.741. The maximum Gasteiger partial charge on any atom is 0.229 e. The van der Waals surface area contributed by atoms with Crippen molar-refractivity contribution in [3.63, 3.8) is 0 Å². The van der Waals surface area contributed by atoms with Crippen molar-refractivity contribution >= 4 is 5.95 Å². The molecule has 0 bridgehead atoms. The highest BCUT2D eigenvalue weighted by molar-refractivity contribution is 5.33. The lowest BCUT2D eigenvalue weighted by molar-refractivity contribution is 0.372. The summed E-state index contributed by atoms with van der Waals surface area (Å²) in [4.78, 5) is 8.25. The molecule has 0 aliphatic rings. The van der Waals surface area contributed by atoms with E-state index in [1.54, 1.807) is 20.3 Å². The molecule has 0 aliphatic carbocycles. The number of hydrogen-bond donors (Lipinski definition) is 2. The van der Waals surface area contributed by atoms with E-state index >= 15 is 0 Å². The summed E-state index contributed by atoms with van der Waals surface area (Å²) in [6, 6.07) is 1.70. The Labute approximate surface area is 95.2 Å². The topological polar surface area (TPSA) is 82.3 Å². The van der Waals surface area contributed by atoms with E-state index in [2.05, 4.69) is 15.3 Å². The third-order valence-corrected chi connectivity index (χ3v) is 2.14. The summed E-state index contributed by atoms with van der Waals surface area (Å²) >= 11 is 0. The van der Waals surface area contributed by atoms with Gasteiger partial charge in [0.1, 0.15) is 0 Å². The van der Waals surface area contributed by atoms with Crippen molar-refractivity contribution in [2.24, 2.45) is 5.73 Å². The molecule has 1 heterocycles. The number of methoxy groups -OCH3 is 2. The van der Waals surface area contributed by atoms with Crippen LogP contribution in [0.5, 0.6) is 11.8 Å². The summed E-state index contributed by atoms with van der Waals surface area (Å²) in [5.41, 5.74) is 5.78. The van der Waals surface area contributed by atoms with Crippen molar-refractivity contribution in [3.05, 3.63) is 6.07 Å². The molecule has 90 valence electrons. The lowest BCUT2D eigenvalue weighted by atomic mass is 10.2. The van der Waals surface area contributed by atoms with E-state index in [9.17, 15) is 0 Å². The fraction of sp³-hybridized carbons (Fsp3) is 0.600. The van der Waals surface area contributed by atoms with Gasteiger partial charge in [0.15, 0.2) is 0 Å². The first-order chi connectivity index (χ1) is 7.69. The van der Waals surface area contributed by atoms with Crippen LogP contribution in [0, 0.1) is 0 Å². The molecule has 1 rings (SSSR count). The average molecular weight is 226 g/mol. The Morgan fingerprint density at radius 2 is 1.88 bits per heavy atom. The molecule has 0 saturated heterocycles. The molecular formula is C10H18N4O2. The molecule has 0 radical (unpaired) electrons. The van der Waals surface area contributed by atoms with Crippen LogP contribution in [-0.2, 0) is 0 Å². The van der Waals surface area contributed by atoms with E-state index in [1.165, 1.54) is 0 Å². The maximum absolute atomic E-state index is 5.78. The van der Waals surface area contributed by atoms with Crippen molar-refractivity contribution in [1.82, 2.24) is 9.97 Å². The molecule has 0 amide bonds. The van der Waals surface area contributed by atoms with Gasteiger partial charge in [0.2, 0.25) is 17.7 Å². The van der Waals surface area contributed by atoms with Crippen molar-refractivity contribution in [2.45, 2.75) is 19.4 Å². The van der Waals surface area contributed by atoms with Gasteiger partial charge >= 0.3 is 0 Å². The molecule has 0 spiro atoms. The number of nitrogens with one attached hydrogen (secondary N) is 1. The number of nitrogens with zero attached hydrogens (tertiary/aromatic N) is 2. The minimum atomic E-state index is 0.0841. The maximum atomic E-state index is 5.78. The zero-order chi connectivity index (χ0) is 12.0. The zero-order valence-corrected chi connectivity index (χ0v) is 9.86. The Bertz CT molecular complexity index is 310. The smallest absolute Gasteiger partial charge is 0.229 e. The van der Waals surface area contributed by atoms with Crippen LogP contribution in [0.1, 0.15) is 13.3 Å². The molecule has 0 aromatic carbocycles. The van der Waals surface area contributed by atoms with Gasteiger partial charge in [-0.2, -0.15) is 9.97 Å². The molecule has 0 fully saturated rings. The van der Waals surface area contributed by atoms with E-state index in [4.69, 9.17) is 15.2 Å². The molecule has 1 aromatic heterocycles. The van der Waals surface area contributed by atoms with Crippen molar-refractivity contribution in [3.8, 4) is 11.8 Å². The first kappa shape index (κ1) is 12.5. The van der Waals surface area contributed by atoms with Gasteiger partial charge in [0.25, 0.3) is 0 Å². The van der Waals surface area contributed by atoms with Gasteiger partial charge in [-0.1, -0.05) is 6.92 Å². The summed E-state index contributed by atoms with van der Waals surface area (Å²) in [6.07, 6.45) is 0.897. The fourth-order valence-electron chi connectivity index (χ4n) is 1.06. The number of hydrogen-bond acceptors (Lipinski definition) is 6. The number of anilines is 1. The molecule has 6 nitrogen and oxygen atoms in total. The minimum Gasteiger partial charge on any atom is -0.481 e. The SMILES string of the molecule is CCC(N)CNc1nc(OC)cc(OC)n1. The molecule has 3 N–H and O–H groups in total. The van der Waals surface area contributed by atoms with Gasteiger partial charge in [-0.25, -0.2) is 0 Å². The van der Waals surface area contributed by atoms with Crippen LogP contribution in [-0.4, -0.2) is 36.8 Å². The van der Waals surface area contributed by atoms with Gasteiger partial charge in [-0.3, -0.25) is 0 Å². The van der Waals surface area contributed by atoms with E-state index in [1.807, 2.05) is 6.92 Å². The summed E-state index contributed by atoms with van der Waals surface area (Å²) in [5.74, 6) is 1.37. The monoisotopic (exact) mass is 226 g/mol. The molecule has 1 aromatic rings. The van der Waals surface area contributed by atoms with E-state index in [0.717, 1.165) is 6.42 Å². The predicted molar refractivity (Wildman–Crippen MR) is 61.9 cm³/mol. The highest BCUT2D eigenvalue weighted by atomic mass is 16.5. The summed E-state index contributed by atoms with van der Waals surface area (Å²) in [7, 11) is 3.09. The fourth-order valence-corrected chi connectivity index (χ4v) is 1.06. The molecule has 1 unspecified atom stereocenters. The molecule has 1 atom stereocenters. The van der Waals surface area contributed by atoms with E-state index in [-0.39, 0.29) is 6.04 Å². The lowest BCUT2D eigenvalue weighted by Crippen LogP contribution is -2.28. The Balaban J connectivity index is 2.71. The number of nitrogens with two attached hydrogens (primary N) is 1. The molecule has 0 aliphatic heterocycles. The zero-order valence-electron chi connectivity index (χ0n) is 9.86. The molecular weight excluding hydrogens is 208 g/mol. The number of aromatic nitrogens is 2. The third-order valence-electron chi connectivity index (χ3n) is 2.14. The normalized spacial score (nSPS) is 12.0. The minimum absolute atomic E-state index is 0.0841. The second-order valence-corrected chi connectivity index (χ2v) is 3.33. The van der Waals surface area contributed by atoms with Crippen LogP contribution in [0.4, 0.5) is 5.95 Å². The van der Waals surface area contributed by atoms with Crippen LogP contribution >= 0.6 is 0 Å². The van der Waals surface area contributed by atoms with Gasteiger partial charge in [0.05, 0.1) is 20.3 Å². The number of ether oxygens (including phenoxy) is 2. The van der Waals surface area contributed by atoms with Crippen LogP contribution in [0.3, 0.4) is 0 Å². The lowest BCUT2D eigenvalue weighted by Gasteiger charge is -2.11. The molecule has 6 heteroatoms. The highest BCUT2D eigenvalue weighted by Crippen LogP contribution is 2.17. The van der Waals surface area contributed by atoms with Gasteiger partial charge < -0.3 is 20.5 Å². The van der Waals surface area contributed by atoms with Crippen LogP contribution < -0.4 is 20.5 Å². The molecule has 16 heavy (non-hydrogen) atoms. The second-order valence-electron chi connectivity index (χ2n) is 3.33. The third kappa shape index (κ3) is 3.54. The van der Waals surface area contributed by atoms with Crippen molar-refractivity contribution < 1.29 is 9.47 Å². The Morgan fingerprint density at radius 1 is 1.31 bits per heavy atom. The summed E-state index contributed by atoms with van der Waals surface area (Å²) < 4.78 is 10.1. The molecule has 0 saturated carbocycles. The van der Waals surface area contributed by atoms with Crippen LogP contribution in [0.2, 0.25) is 0 Å². The van der Waals surface area contributed by atoms with Crippen LogP contribution in [0.25, 0.3) is 0 Å². The first-order valence-corrected chi connectivity index (χ1v) is 5.16. The summed E-state index contributed by atoms with van der Waals surface area (Å²) in [6.45, 7) is 2.65. The standard InChI is InChI=1S/C10H18N4O2/c1-4-7(11)6-12-10-13-8(15-2)5-9(14-10)16-3/h5,7H,4,6,11H2,1-3H3,(H,12,13,14). The highest BCUT2D eigenvalue weighted by Gasteiger charge is 2.06. The van der Waals surface area contributed by atoms with Gasteiger partial charge in [-0.15, -0.1) is 0 Å². The van der Waals surface area contributed by atoms with Crippen molar-refractivity contribution in [2.75, 3.05) is 26.1 Å². The second kappa shape index (κ2) is 6.12. The Kier molecular flexibility index (Phi) is 4.78. The number of rotatable bonds is 6. The first-order valence-electron chi connectivity index (χ1n) is 5.16.